The lowest BCUT2D eigenvalue weighted by atomic mass is 10.1. The first-order valence-corrected chi connectivity index (χ1v) is 5.13. The van der Waals surface area contributed by atoms with Crippen LogP contribution in [0.1, 0.15) is 20.3 Å². The Morgan fingerprint density at radius 3 is 3.14 bits per heavy atom. The van der Waals surface area contributed by atoms with Crippen molar-refractivity contribution < 1.29 is 0 Å². The summed E-state index contributed by atoms with van der Waals surface area (Å²) in [5.41, 5.74) is 0. The summed E-state index contributed by atoms with van der Waals surface area (Å²) in [6.07, 6.45) is 6.83. The number of imidazole rings is 1. The largest absolute Gasteiger partial charge is 0.355 e. The van der Waals surface area contributed by atoms with E-state index in [1.54, 1.807) is 0 Å². The molecular weight excluding hydrogens is 174 g/mol. The minimum atomic E-state index is 0.684. The highest BCUT2D eigenvalue weighted by atomic mass is 15.2. The third kappa shape index (κ3) is 2.91. The van der Waals surface area contributed by atoms with Crippen molar-refractivity contribution in [3.63, 3.8) is 0 Å². The summed E-state index contributed by atoms with van der Waals surface area (Å²) in [7, 11) is 0. The van der Waals surface area contributed by atoms with Crippen LogP contribution in [0.15, 0.2) is 25.0 Å². The molecule has 1 aromatic rings. The number of hydrogen-bond donors (Lipinski definition) is 1. The smallest absolute Gasteiger partial charge is 0.203 e. The molecule has 0 aliphatic heterocycles. The standard InChI is InChI=1S/C11H19N3/c1-4-7-14-8-6-12-11(14)13-9-10(3)5-2/h4,6,8,10H,1,5,7,9H2,2-3H3,(H,12,13). The molecule has 0 aliphatic carbocycles. The van der Waals surface area contributed by atoms with Gasteiger partial charge in [0.1, 0.15) is 0 Å². The van der Waals surface area contributed by atoms with E-state index in [9.17, 15) is 0 Å². The van der Waals surface area contributed by atoms with Crippen LogP contribution >= 0.6 is 0 Å². The average molecular weight is 193 g/mol. The van der Waals surface area contributed by atoms with Crippen LogP contribution in [-0.2, 0) is 6.54 Å². The van der Waals surface area contributed by atoms with Gasteiger partial charge >= 0.3 is 0 Å². The molecule has 0 saturated heterocycles. The highest BCUT2D eigenvalue weighted by molar-refractivity contribution is 5.26. The van der Waals surface area contributed by atoms with Crippen molar-refractivity contribution in [2.75, 3.05) is 11.9 Å². The van der Waals surface area contributed by atoms with E-state index < -0.39 is 0 Å². The average Bonchev–Trinajstić information content (AvgIpc) is 2.62. The lowest BCUT2D eigenvalue weighted by Crippen LogP contribution is -2.13. The summed E-state index contributed by atoms with van der Waals surface area (Å²) in [5, 5.41) is 3.33. The first-order chi connectivity index (χ1) is 6.77. The van der Waals surface area contributed by atoms with E-state index in [1.807, 2.05) is 18.5 Å². The van der Waals surface area contributed by atoms with Gasteiger partial charge in [-0.1, -0.05) is 26.3 Å². The zero-order chi connectivity index (χ0) is 10.4. The summed E-state index contributed by atoms with van der Waals surface area (Å²) in [6, 6.07) is 0. The number of aromatic nitrogens is 2. The third-order valence-corrected chi connectivity index (χ3v) is 2.35. The second-order valence-corrected chi connectivity index (χ2v) is 3.59. The Hall–Kier alpha value is -1.25. The highest BCUT2D eigenvalue weighted by Crippen LogP contribution is 2.07. The van der Waals surface area contributed by atoms with Gasteiger partial charge in [-0.15, -0.1) is 6.58 Å². The van der Waals surface area contributed by atoms with Crippen molar-refractivity contribution in [3.8, 4) is 0 Å². The van der Waals surface area contributed by atoms with E-state index in [2.05, 4.69) is 35.3 Å². The predicted molar refractivity (Wildman–Crippen MR) is 60.4 cm³/mol. The Bertz CT molecular complexity index is 278. The minimum Gasteiger partial charge on any atom is -0.355 e. The molecule has 0 amide bonds. The molecule has 0 aromatic carbocycles. The van der Waals surface area contributed by atoms with Crippen LogP contribution in [0.5, 0.6) is 0 Å². The fraction of sp³-hybridized carbons (Fsp3) is 0.545. The first kappa shape index (κ1) is 10.8. The van der Waals surface area contributed by atoms with Gasteiger partial charge in [0.2, 0.25) is 5.95 Å². The van der Waals surface area contributed by atoms with E-state index in [0.29, 0.717) is 5.92 Å². The number of nitrogens with one attached hydrogen (secondary N) is 1. The monoisotopic (exact) mass is 193 g/mol. The molecule has 1 rings (SSSR count). The van der Waals surface area contributed by atoms with Crippen LogP contribution in [0.4, 0.5) is 5.95 Å². The topological polar surface area (TPSA) is 29.9 Å². The van der Waals surface area contributed by atoms with Crippen molar-refractivity contribution in [1.82, 2.24) is 9.55 Å². The summed E-state index contributed by atoms with van der Waals surface area (Å²) in [4.78, 5) is 4.25. The van der Waals surface area contributed by atoms with Crippen molar-refractivity contribution in [3.05, 3.63) is 25.0 Å². The fourth-order valence-corrected chi connectivity index (χ4v) is 1.17. The molecule has 0 aliphatic rings. The first-order valence-electron chi connectivity index (χ1n) is 5.13. The Morgan fingerprint density at radius 2 is 2.50 bits per heavy atom. The number of nitrogens with zero attached hydrogens (tertiary/aromatic N) is 2. The summed E-state index contributed by atoms with van der Waals surface area (Å²) in [5.74, 6) is 1.62. The van der Waals surface area contributed by atoms with Crippen LogP contribution in [0.3, 0.4) is 0 Å². The van der Waals surface area contributed by atoms with Gasteiger partial charge < -0.3 is 9.88 Å². The van der Waals surface area contributed by atoms with E-state index >= 15 is 0 Å². The van der Waals surface area contributed by atoms with E-state index in [-0.39, 0.29) is 0 Å². The molecule has 0 spiro atoms. The van der Waals surface area contributed by atoms with E-state index in [0.717, 1.165) is 19.0 Å². The second-order valence-electron chi connectivity index (χ2n) is 3.59. The zero-order valence-corrected chi connectivity index (χ0v) is 9.03. The van der Waals surface area contributed by atoms with Crippen LogP contribution in [0.2, 0.25) is 0 Å². The lowest BCUT2D eigenvalue weighted by molar-refractivity contribution is 0.589. The van der Waals surface area contributed by atoms with Gasteiger partial charge in [-0.2, -0.15) is 0 Å². The van der Waals surface area contributed by atoms with Crippen LogP contribution in [0.25, 0.3) is 0 Å². The predicted octanol–water partition coefficient (Wildman–Crippen LogP) is 2.53. The van der Waals surface area contributed by atoms with Gasteiger partial charge in [0.25, 0.3) is 0 Å². The number of allylic oxidation sites excluding steroid dienone is 1. The molecule has 1 unspecified atom stereocenters. The molecule has 1 atom stereocenters. The van der Waals surface area contributed by atoms with Crippen LogP contribution in [0, 0.1) is 5.92 Å². The molecule has 1 heterocycles. The molecule has 14 heavy (non-hydrogen) atoms. The maximum Gasteiger partial charge on any atom is 0.203 e. The molecule has 0 radical (unpaired) electrons. The summed E-state index contributed by atoms with van der Waals surface area (Å²) >= 11 is 0. The van der Waals surface area contributed by atoms with E-state index in [1.165, 1.54) is 6.42 Å². The van der Waals surface area contributed by atoms with Gasteiger partial charge in [0.15, 0.2) is 0 Å². The maximum absolute atomic E-state index is 4.25. The number of hydrogen-bond acceptors (Lipinski definition) is 2. The van der Waals surface area contributed by atoms with Crippen molar-refractivity contribution in [1.29, 1.82) is 0 Å². The molecule has 0 bridgehead atoms. The maximum atomic E-state index is 4.25. The van der Waals surface area contributed by atoms with Crippen LogP contribution in [-0.4, -0.2) is 16.1 Å². The molecule has 3 nitrogen and oxygen atoms in total. The SMILES string of the molecule is C=CCn1ccnc1NCC(C)CC. The lowest BCUT2D eigenvalue weighted by Gasteiger charge is -2.11. The van der Waals surface area contributed by atoms with Crippen molar-refractivity contribution in [2.24, 2.45) is 5.92 Å². The molecule has 3 heteroatoms. The molecular formula is C11H19N3. The molecule has 78 valence electrons. The van der Waals surface area contributed by atoms with Gasteiger partial charge in [0.05, 0.1) is 0 Å². The molecule has 1 N–H and O–H groups in total. The van der Waals surface area contributed by atoms with Crippen molar-refractivity contribution >= 4 is 5.95 Å². The number of anilines is 1. The van der Waals surface area contributed by atoms with Gasteiger partial charge in [0, 0.05) is 25.5 Å². The quantitative estimate of drug-likeness (QED) is 0.703. The summed E-state index contributed by atoms with van der Waals surface area (Å²) in [6.45, 7) is 9.92. The molecule has 0 fully saturated rings. The number of rotatable bonds is 6. The Balaban J connectivity index is 2.49. The molecule has 1 aromatic heterocycles. The van der Waals surface area contributed by atoms with Crippen molar-refractivity contribution in [2.45, 2.75) is 26.8 Å². The van der Waals surface area contributed by atoms with E-state index in [4.69, 9.17) is 0 Å². The van der Waals surface area contributed by atoms with Gasteiger partial charge in [-0.25, -0.2) is 4.98 Å². The normalized spacial score (nSPS) is 12.4. The van der Waals surface area contributed by atoms with Crippen LogP contribution < -0.4 is 5.32 Å². The minimum absolute atomic E-state index is 0.684. The Labute approximate surface area is 85.8 Å². The third-order valence-electron chi connectivity index (χ3n) is 2.35. The second kappa shape index (κ2) is 5.47. The van der Waals surface area contributed by atoms with Gasteiger partial charge in [-0.05, 0) is 5.92 Å². The Kier molecular flexibility index (Phi) is 4.23. The fourth-order valence-electron chi connectivity index (χ4n) is 1.17. The van der Waals surface area contributed by atoms with Gasteiger partial charge in [-0.3, -0.25) is 0 Å². The molecule has 0 saturated carbocycles. The highest BCUT2D eigenvalue weighted by Gasteiger charge is 2.02. The Morgan fingerprint density at radius 1 is 1.71 bits per heavy atom. The zero-order valence-electron chi connectivity index (χ0n) is 9.03. The summed E-state index contributed by atoms with van der Waals surface area (Å²) < 4.78 is 2.05.